The normalized spacial score (nSPS) is 10.5. The average Bonchev–Trinajstić information content (AvgIpc) is 2.94. The van der Waals surface area contributed by atoms with Crippen LogP contribution < -0.4 is 5.32 Å². The molecule has 2 heterocycles. The van der Waals surface area contributed by atoms with Crippen LogP contribution in [0.5, 0.6) is 0 Å². The zero-order chi connectivity index (χ0) is 12.3. The van der Waals surface area contributed by atoms with Crippen molar-refractivity contribution in [3.63, 3.8) is 0 Å². The van der Waals surface area contributed by atoms with Crippen molar-refractivity contribution in [2.45, 2.75) is 13.3 Å². The molecule has 0 aromatic carbocycles. The molecule has 0 aliphatic heterocycles. The Balaban J connectivity index is 2.22. The van der Waals surface area contributed by atoms with E-state index < -0.39 is 0 Å². The lowest BCUT2D eigenvalue weighted by atomic mass is 10.3. The quantitative estimate of drug-likeness (QED) is 0.903. The molecule has 5 heteroatoms. The molecule has 1 N–H and O–H groups in total. The first-order valence-electron chi connectivity index (χ1n) is 5.58. The number of nitrogens with zero attached hydrogens (tertiary/aromatic N) is 2. The highest BCUT2D eigenvalue weighted by Crippen LogP contribution is 2.24. The summed E-state index contributed by atoms with van der Waals surface area (Å²) in [5.41, 5.74) is 1.45. The Morgan fingerprint density at radius 2 is 2.41 bits per heavy atom. The first-order valence-corrected chi connectivity index (χ1v) is 6.46. The molecule has 17 heavy (non-hydrogen) atoms. The molecule has 0 spiro atoms. The topological polar surface area (TPSA) is 46.9 Å². The fourth-order valence-electron chi connectivity index (χ4n) is 1.56. The molecule has 2 aromatic heterocycles. The largest absolute Gasteiger partial charge is 0.351 e. The summed E-state index contributed by atoms with van der Waals surface area (Å²) >= 11 is 1.64. The second-order valence-electron chi connectivity index (χ2n) is 3.77. The van der Waals surface area contributed by atoms with Crippen LogP contribution in [-0.2, 0) is 7.05 Å². The third kappa shape index (κ3) is 2.55. The number of aromatic nitrogens is 2. The molecule has 0 saturated heterocycles. The van der Waals surface area contributed by atoms with Gasteiger partial charge in [-0.1, -0.05) is 13.0 Å². The monoisotopic (exact) mass is 249 g/mol. The van der Waals surface area contributed by atoms with Gasteiger partial charge in [0.05, 0.1) is 10.6 Å². The van der Waals surface area contributed by atoms with E-state index in [0.29, 0.717) is 12.2 Å². The molecular weight excluding hydrogens is 234 g/mol. The van der Waals surface area contributed by atoms with Crippen LogP contribution in [0.3, 0.4) is 0 Å². The van der Waals surface area contributed by atoms with E-state index in [9.17, 15) is 4.79 Å². The van der Waals surface area contributed by atoms with Crippen LogP contribution in [0.4, 0.5) is 0 Å². The highest BCUT2D eigenvalue weighted by atomic mass is 32.1. The average molecular weight is 249 g/mol. The van der Waals surface area contributed by atoms with Crippen molar-refractivity contribution in [1.29, 1.82) is 0 Å². The summed E-state index contributed by atoms with van der Waals surface area (Å²) in [5, 5.41) is 9.07. The van der Waals surface area contributed by atoms with Gasteiger partial charge in [0.2, 0.25) is 0 Å². The zero-order valence-corrected chi connectivity index (χ0v) is 10.8. The lowest BCUT2D eigenvalue weighted by Crippen LogP contribution is -2.24. The van der Waals surface area contributed by atoms with Gasteiger partial charge in [-0.2, -0.15) is 5.10 Å². The van der Waals surface area contributed by atoms with E-state index in [1.165, 1.54) is 0 Å². The molecule has 0 fully saturated rings. The van der Waals surface area contributed by atoms with Crippen molar-refractivity contribution in [2.24, 2.45) is 7.05 Å². The van der Waals surface area contributed by atoms with Gasteiger partial charge in [-0.15, -0.1) is 11.3 Å². The van der Waals surface area contributed by atoms with Crippen molar-refractivity contribution in [2.75, 3.05) is 6.54 Å². The van der Waals surface area contributed by atoms with E-state index in [-0.39, 0.29) is 5.91 Å². The molecular formula is C12H15N3OS. The maximum Gasteiger partial charge on any atom is 0.271 e. The minimum absolute atomic E-state index is 0.106. The highest BCUT2D eigenvalue weighted by Gasteiger charge is 2.13. The van der Waals surface area contributed by atoms with Gasteiger partial charge >= 0.3 is 0 Å². The van der Waals surface area contributed by atoms with E-state index in [1.807, 2.05) is 37.6 Å². The van der Waals surface area contributed by atoms with Crippen molar-refractivity contribution < 1.29 is 4.79 Å². The fourth-order valence-corrected chi connectivity index (χ4v) is 2.33. The lowest BCUT2D eigenvalue weighted by molar-refractivity contribution is 0.0948. The van der Waals surface area contributed by atoms with Gasteiger partial charge in [-0.05, 0) is 23.9 Å². The summed E-state index contributed by atoms with van der Waals surface area (Å²) in [6.45, 7) is 2.71. The first-order chi connectivity index (χ1) is 8.22. The van der Waals surface area contributed by atoms with Crippen LogP contribution in [0.2, 0.25) is 0 Å². The second-order valence-corrected chi connectivity index (χ2v) is 4.72. The number of carbonyl (C=O) groups excluding carboxylic acids is 1. The van der Waals surface area contributed by atoms with Crippen LogP contribution in [-0.4, -0.2) is 22.2 Å². The van der Waals surface area contributed by atoms with Crippen molar-refractivity contribution in [3.8, 4) is 10.6 Å². The summed E-state index contributed by atoms with van der Waals surface area (Å²) in [5.74, 6) is -0.106. The van der Waals surface area contributed by atoms with Gasteiger partial charge in [0.25, 0.3) is 5.91 Å². The van der Waals surface area contributed by atoms with Crippen LogP contribution >= 0.6 is 11.3 Å². The second kappa shape index (κ2) is 5.14. The molecule has 0 aliphatic carbocycles. The van der Waals surface area contributed by atoms with Crippen LogP contribution in [0.1, 0.15) is 23.8 Å². The number of nitrogens with one attached hydrogen (secondary N) is 1. The summed E-state index contributed by atoms with van der Waals surface area (Å²) in [7, 11) is 1.85. The van der Waals surface area contributed by atoms with Crippen LogP contribution in [0, 0.1) is 0 Å². The maximum atomic E-state index is 11.8. The number of amides is 1. The number of hydrogen-bond acceptors (Lipinski definition) is 3. The Kier molecular flexibility index (Phi) is 3.58. The molecule has 0 unspecified atom stereocenters. The fraction of sp³-hybridized carbons (Fsp3) is 0.333. The number of aryl methyl sites for hydroxylation is 1. The summed E-state index contributed by atoms with van der Waals surface area (Å²) in [6, 6.07) is 5.84. The van der Waals surface area contributed by atoms with Crippen LogP contribution in [0.25, 0.3) is 10.6 Å². The summed E-state index contributed by atoms with van der Waals surface area (Å²) in [4.78, 5) is 12.9. The van der Waals surface area contributed by atoms with Crippen LogP contribution in [0.15, 0.2) is 23.6 Å². The van der Waals surface area contributed by atoms with E-state index in [2.05, 4.69) is 10.4 Å². The third-order valence-electron chi connectivity index (χ3n) is 2.42. The van der Waals surface area contributed by atoms with Crippen molar-refractivity contribution >= 4 is 17.2 Å². The molecule has 0 radical (unpaired) electrons. The summed E-state index contributed by atoms with van der Waals surface area (Å²) in [6.07, 6.45) is 0.927. The zero-order valence-electron chi connectivity index (χ0n) is 9.93. The molecule has 1 amide bonds. The van der Waals surface area contributed by atoms with Gasteiger partial charge in [0, 0.05) is 13.6 Å². The molecule has 2 aromatic rings. The number of hydrogen-bond donors (Lipinski definition) is 1. The van der Waals surface area contributed by atoms with Gasteiger partial charge < -0.3 is 5.32 Å². The standard InChI is InChI=1S/C12H15N3OS/c1-3-6-13-12(16)9-8-10(15(2)14-9)11-5-4-7-17-11/h4-5,7-8H,3,6H2,1-2H3,(H,13,16). The van der Waals surface area contributed by atoms with Gasteiger partial charge in [0.15, 0.2) is 5.69 Å². The first kappa shape index (κ1) is 11.9. The van der Waals surface area contributed by atoms with E-state index in [1.54, 1.807) is 16.0 Å². The molecule has 0 bridgehead atoms. The molecule has 90 valence electrons. The molecule has 0 atom stereocenters. The smallest absolute Gasteiger partial charge is 0.271 e. The Morgan fingerprint density at radius 1 is 1.59 bits per heavy atom. The van der Waals surface area contributed by atoms with Gasteiger partial charge in [-0.25, -0.2) is 0 Å². The van der Waals surface area contributed by atoms with Gasteiger partial charge in [-0.3, -0.25) is 9.48 Å². The molecule has 0 saturated carbocycles. The minimum Gasteiger partial charge on any atom is -0.351 e. The SMILES string of the molecule is CCCNC(=O)c1cc(-c2cccs2)n(C)n1. The maximum absolute atomic E-state index is 11.8. The Bertz CT molecular complexity index is 502. The minimum atomic E-state index is -0.106. The van der Waals surface area contributed by atoms with Crippen molar-refractivity contribution in [3.05, 3.63) is 29.3 Å². The molecule has 2 rings (SSSR count). The number of carbonyl (C=O) groups is 1. The molecule has 0 aliphatic rings. The highest BCUT2D eigenvalue weighted by molar-refractivity contribution is 7.13. The predicted octanol–water partition coefficient (Wildman–Crippen LogP) is 2.29. The molecule has 4 nitrogen and oxygen atoms in total. The lowest BCUT2D eigenvalue weighted by Gasteiger charge is -1.98. The third-order valence-corrected chi connectivity index (χ3v) is 3.31. The Labute approximate surface area is 104 Å². The van der Waals surface area contributed by atoms with E-state index in [0.717, 1.165) is 17.0 Å². The Morgan fingerprint density at radius 3 is 3.06 bits per heavy atom. The summed E-state index contributed by atoms with van der Waals surface area (Å²) < 4.78 is 1.74. The van der Waals surface area contributed by atoms with E-state index >= 15 is 0 Å². The van der Waals surface area contributed by atoms with Crippen molar-refractivity contribution in [1.82, 2.24) is 15.1 Å². The van der Waals surface area contributed by atoms with E-state index in [4.69, 9.17) is 0 Å². The number of rotatable bonds is 4. The van der Waals surface area contributed by atoms with Gasteiger partial charge in [0.1, 0.15) is 0 Å². The Hall–Kier alpha value is -1.62. The number of thiophene rings is 1. The predicted molar refractivity (Wildman–Crippen MR) is 69.1 cm³/mol.